The summed E-state index contributed by atoms with van der Waals surface area (Å²) in [6.07, 6.45) is 5.00. The molecule has 12 nitrogen and oxygen atoms in total. The summed E-state index contributed by atoms with van der Waals surface area (Å²) < 4.78 is 8.93. The Morgan fingerprint density at radius 3 is 2.56 bits per heavy atom. The van der Waals surface area contributed by atoms with Crippen molar-refractivity contribution in [1.82, 2.24) is 34.9 Å². The number of hydrogen-bond donors (Lipinski definition) is 3. The molecule has 186 valence electrons. The minimum Gasteiger partial charge on any atom is -0.398 e. The number of rotatable bonds is 5. The minimum atomic E-state index is -0.562. The van der Waals surface area contributed by atoms with Crippen LogP contribution >= 0.6 is 0 Å². The van der Waals surface area contributed by atoms with Crippen molar-refractivity contribution >= 4 is 28.3 Å². The van der Waals surface area contributed by atoms with E-state index in [9.17, 15) is 9.59 Å². The number of para-hydroxylation sites is 2. The minimum absolute atomic E-state index is 0.0393. The van der Waals surface area contributed by atoms with Crippen LogP contribution in [0.3, 0.4) is 0 Å². The first-order valence-corrected chi connectivity index (χ1v) is 12.2. The Hall–Kier alpha value is -4.03. The van der Waals surface area contributed by atoms with E-state index in [1.54, 1.807) is 17.0 Å². The van der Waals surface area contributed by atoms with E-state index in [-0.39, 0.29) is 23.6 Å². The Morgan fingerprint density at radius 1 is 1.00 bits per heavy atom. The summed E-state index contributed by atoms with van der Waals surface area (Å²) in [5.41, 5.74) is 2.64. The van der Waals surface area contributed by atoms with Gasteiger partial charge in [-0.15, -0.1) is 5.10 Å². The second-order valence-electron chi connectivity index (χ2n) is 8.93. The van der Waals surface area contributed by atoms with E-state index in [1.165, 1.54) is 4.57 Å². The number of carbonyl (C=O) groups excluding carboxylic acids is 1. The van der Waals surface area contributed by atoms with E-state index in [1.807, 2.05) is 30.3 Å². The Labute approximate surface area is 206 Å². The smallest absolute Gasteiger partial charge is 0.337 e. The highest BCUT2D eigenvalue weighted by Gasteiger charge is 2.26. The van der Waals surface area contributed by atoms with Gasteiger partial charge >= 0.3 is 23.5 Å². The monoisotopic (exact) mass is 489 g/mol. The van der Waals surface area contributed by atoms with Gasteiger partial charge in [0.1, 0.15) is 0 Å². The molecule has 0 radical (unpaired) electrons. The average Bonchev–Trinajstić information content (AvgIpc) is 3.52. The predicted molar refractivity (Wildman–Crippen MR) is 134 cm³/mol. The van der Waals surface area contributed by atoms with Crippen LogP contribution in [0.2, 0.25) is 0 Å². The lowest BCUT2D eigenvalue weighted by atomic mass is 10.1. The highest BCUT2D eigenvalue weighted by molar-refractivity contribution is 6.02. The van der Waals surface area contributed by atoms with E-state index >= 15 is 0 Å². The molecule has 1 amide bonds. The molecule has 2 aliphatic rings. The van der Waals surface area contributed by atoms with Gasteiger partial charge in [-0.1, -0.05) is 17.2 Å². The van der Waals surface area contributed by atoms with Crippen LogP contribution in [0.1, 0.15) is 29.6 Å². The Kier molecular flexibility index (Phi) is 5.95. The van der Waals surface area contributed by atoms with Crippen molar-refractivity contribution in [1.29, 1.82) is 0 Å². The first-order chi connectivity index (χ1) is 17.7. The highest BCUT2D eigenvalue weighted by Crippen LogP contribution is 2.27. The second-order valence-corrected chi connectivity index (χ2v) is 8.93. The van der Waals surface area contributed by atoms with Gasteiger partial charge in [-0.2, -0.15) is 0 Å². The maximum Gasteiger partial charge on any atom is 0.337 e. The molecular weight excluding hydrogens is 462 g/mol. The number of nitrogens with one attached hydrogen (secondary N) is 3. The third-order valence-corrected chi connectivity index (χ3v) is 6.76. The summed E-state index contributed by atoms with van der Waals surface area (Å²) >= 11 is 0. The normalized spacial score (nSPS) is 16.9. The van der Waals surface area contributed by atoms with Crippen molar-refractivity contribution in [2.75, 3.05) is 49.5 Å². The van der Waals surface area contributed by atoms with E-state index in [0.717, 1.165) is 63.3 Å². The fourth-order valence-electron chi connectivity index (χ4n) is 5.01. The molecule has 6 rings (SSSR count). The second kappa shape index (κ2) is 9.55. The fraction of sp³-hybridized carbons (Fsp3) is 0.375. The van der Waals surface area contributed by atoms with E-state index < -0.39 is 5.91 Å². The van der Waals surface area contributed by atoms with Gasteiger partial charge in [-0.25, -0.2) is 9.36 Å². The van der Waals surface area contributed by atoms with Gasteiger partial charge in [0.2, 0.25) is 0 Å². The number of benzene rings is 1. The van der Waals surface area contributed by atoms with Crippen LogP contribution in [0.4, 0.5) is 11.4 Å². The summed E-state index contributed by atoms with van der Waals surface area (Å²) in [6, 6.07) is 9.42. The summed E-state index contributed by atoms with van der Waals surface area (Å²) in [6.45, 7) is 5.08. The number of pyridine rings is 1. The van der Waals surface area contributed by atoms with Gasteiger partial charge in [0, 0.05) is 38.4 Å². The van der Waals surface area contributed by atoms with Crippen molar-refractivity contribution in [3.05, 3.63) is 59.1 Å². The number of piperazine rings is 1. The van der Waals surface area contributed by atoms with Gasteiger partial charge in [0.25, 0.3) is 0 Å². The van der Waals surface area contributed by atoms with Gasteiger partial charge in [0.05, 0.1) is 28.6 Å². The van der Waals surface area contributed by atoms with Gasteiger partial charge < -0.3 is 25.3 Å². The largest absolute Gasteiger partial charge is 0.398 e. The quantitative estimate of drug-likeness (QED) is 0.377. The molecule has 36 heavy (non-hydrogen) atoms. The third-order valence-electron chi connectivity index (χ3n) is 6.76. The lowest BCUT2D eigenvalue weighted by Gasteiger charge is -2.30. The van der Waals surface area contributed by atoms with Crippen LogP contribution in [0, 0.1) is 0 Å². The molecule has 3 aromatic heterocycles. The number of fused-ring (bicyclic) bond motifs is 1. The van der Waals surface area contributed by atoms with Crippen LogP contribution < -0.4 is 26.5 Å². The number of piperidine rings is 1. The molecule has 2 saturated heterocycles. The molecule has 0 aliphatic carbocycles. The summed E-state index contributed by atoms with van der Waals surface area (Å²) in [5.74, 6) is -0.793. The molecule has 5 heterocycles. The molecule has 12 heteroatoms. The SMILES string of the molecule is O=C(Nc1cnccc1N1CCNCC1)c1nnc(-n2c(=O)n(C3CCNCC3)c3ccccc32)o1. The molecule has 0 bridgehead atoms. The van der Waals surface area contributed by atoms with Crippen molar-refractivity contribution < 1.29 is 9.21 Å². The molecule has 4 aromatic rings. The average molecular weight is 490 g/mol. The number of hydrogen-bond acceptors (Lipinski definition) is 9. The van der Waals surface area contributed by atoms with Crippen molar-refractivity contribution in [3.8, 4) is 6.01 Å². The lowest BCUT2D eigenvalue weighted by molar-refractivity contribution is 0.0989. The molecular formula is C24H27N9O3. The number of amides is 1. The highest BCUT2D eigenvalue weighted by atomic mass is 16.4. The van der Waals surface area contributed by atoms with E-state index in [2.05, 4.69) is 36.0 Å². The van der Waals surface area contributed by atoms with Crippen LogP contribution in [0.25, 0.3) is 17.0 Å². The lowest BCUT2D eigenvalue weighted by Crippen LogP contribution is -2.43. The Morgan fingerprint density at radius 2 is 1.75 bits per heavy atom. The molecule has 1 aromatic carbocycles. The number of imidazole rings is 1. The number of carbonyl (C=O) groups is 1. The van der Waals surface area contributed by atoms with Crippen molar-refractivity contribution in [2.24, 2.45) is 0 Å². The fourth-order valence-corrected chi connectivity index (χ4v) is 5.01. The van der Waals surface area contributed by atoms with Gasteiger partial charge in [0.15, 0.2) is 0 Å². The van der Waals surface area contributed by atoms with Crippen LogP contribution in [-0.2, 0) is 0 Å². The van der Waals surface area contributed by atoms with Crippen LogP contribution in [0.5, 0.6) is 0 Å². The summed E-state index contributed by atoms with van der Waals surface area (Å²) in [5, 5.41) is 17.5. The molecule has 0 atom stereocenters. The first kappa shape index (κ1) is 22.4. The van der Waals surface area contributed by atoms with Gasteiger partial charge in [-0.3, -0.25) is 14.3 Å². The topological polar surface area (TPSA) is 135 Å². The van der Waals surface area contributed by atoms with E-state index in [4.69, 9.17) is 4.42 Å². The standard InChI is InChI=1S/C24H27N9O3/c34-21(28-17-15-27-10-7-18(17)31-13-11-26-12-14-31)22-29-30-23(36-22)33-20-4-2-1-3-19(20)32(24(33)35)16-5-8-25-9-6-16/h1-4,7,10,15-16,25-26H,5-6,8-9,11-14H2,(H,28,34). The maximum atomic E-state index is 13.5. The van der Waals surface area contributed by atoms with Crippen molar-refractivity contribution in [2.45, 2.75) is 18.9 Å². The van der Waals surface area contributed by atoms with Crippen molar-refractivity contribution in [3.63, 3.8) is 0 Å². The molecule has 3 N–H and O–H groups in total. The summed E-state index contributed by atoms with van der Waals surface area (Å²) in [4.78, 5) is 32.9. The zero-order valence-corrected chi connectivity index (χ0v) is 19.7. The molecule has 2 fully saturated rings. The number of aromatic nitrogens is 5. The molecule has 0 saturated carbocycles. The van der Waals surface area contributed by atoms with E-state index in [0.29, 0.717) is 11.2 Å². The summed E-state index contributed by atoms with van der Waals surface area (Å²) in [7, 11) is 0. The Bertz CT molecular complexity index is 1440. The first-order valence-electron chi connectivity index (χ1n) is 12.2. The zero-order valence-electron chi connectivity index (χ0n) is 19.7. The Balaban J connectivity index is 1.31. The molecule has 0 unspecified atom stereocenters. The van der Waals surface area contributed by atoms with Crippen LogP contribution in [0.15, 0.2) is 51.9 Å². The third kappa shape index (κ3) is 4.03. The molecule has 0 spiro atoms. The predicted octanol–water partition coefficient (Wildman–Crippen LogP) is 1.16. The number of nitrogens with zero attached hydrogens (tertiary/aromatic N) is 6. The van der Waals surface area contributed by atoms with Gasteiger partial charge in [-0.05, 0) is 44.1 Å². The molecule has 2 aliphatic heterocycles. The number of anilines is 2. The zero-order chi connectivity index (χ0) is 24.5. The van der Waals surface area contributed by atoms with Crippen LogP contribution in [-0.4, -0.2) is 69.5 Å². The maximum absolute atomic E-state index is 13.5.